The smallest absolute Gasteiger partial charge is 0.329 e. The number of nitrogens with zero attached hydrogens (tertiary/aromatic N) is 1. The zero-order valence-electron chi connectivity index (χ0n) is 16.8. The molecule has 0 heterocycles. The fourth-order valence-electron chi connectivity index (χ4n) is 2.47. The maximum atomic E-state index is 11.8. The van der Waals surface area contributed by atoms with Crippen molar-refractivity contribution in [3.8, 4) is 11.5 Å². The summed E-state index contributed by atoms with van der Waals surface area (Å²) >= 11 is 0. The van der Waals surface area contributed by atoms with Crippen LogP contribution in [-0.4, -0.2) is 37.8 Å². The number of hydrogen-bond acceptors (Lipinski definition) is 5. The van der Waals surface area contributed by atoms with E-state index in [2.05, 4.69) is 15.8 Å². The van der Waals surface area contributed by atoms with Crippen LogP contribution in [0.4, 0.5) is 0 Å². The van der Waals surface area contributed by atoms with Crippen LogP contribution in [0.5, 0.6) is 11.5 Å². The minimum absolute atomic E-state index is 0.372. The molecule has 0 unspecified atom stereocenters. The highest BCUT2D eigenvalue weighted by Gasteiger charge is 2.11. The van der Waals surface area contributed by atoms with E-state index in [4.69, 9.17) is 9.47 Å². The molecule has 7 nitrogen and oxygen atoms in total. The molecule has 0 aromatic heterocycles. The van der Waals surface area contributed by atoms with Crippen molar-refractivity contribution in [1.29, 1.82) is 0 Å². The van der Waals surface area contributed by atoms with Crippen molar-refractivity contribution in [1.82, 2.24) is 10.7 Å². The fourth-order valence-corrected chi connectivity index (χ4v) is 2.47. The normalized spacial score (nSPS) is 10.6. The van der Waals surface area contributed by atoms with Gasteiger partial charge in [0.1, 0.15) is 0 Å². The molecular weight excluding hydrogens is 370 g/mol. The van der Waals surface area contributed by atoms with E-state index in [-0.39, 0.29) is 0 Å². The average molecular weight is 397 g/mol. The lowest BCUT2D eigenvalue weighted by molar-refractivity contribution is -0.139. The number of hydrogen-bond donors (Lipinski definition) is 2. The summed E-state index contributed by atoms with van der Waals surface area (Å²) in [6.45, 7) is 5.39. The van der Waals surface area contributed by atoms with Crippen LogP contribution in [0.25, 0.3) is 0 Å². The van der Waals surface area contributed by atoms with Crippen molar-refractivity contribution < 1.29 is 19.1 Å². The van der Waals surface area contributed by atoms with Crippen LogP contribution in [0.15, 0.2) is 53.6 Å². The lowest BCUT2D eigenvalue weighted by Crippen LogP contribution is -2.38. The van der Waals surface area contributed by atoms with Crippen molar-refractivity contribution in [3.05, 3.63) is 59.7 Å². The second-order valence-electron chi connectivity index (χ2n) is 6.18. The fraction of sp³-hybridized carbons (Fsp3) is 0.318. The third-order valence-corrected chi connectivity index (χ3v) is 3.86. The van der Waals surface area contributed by atoms with Gasteiger partial charge >= 0.3 is 11.8 Å². The number of carbonyl (C=O) groups excluding carboxylic acids is 2. The zero-order valence-corrected chi connectivity index (χ0v) is 16.8. The first kappa shape index (κ1) is 21.9. The Bertz CT molecular complexity index is 822. The lowest BCUT2D eigenvalue weighted by atomic mass is 10.1. The van der Waals surface area contributed by atoms with E-state index in [0.717, 1.165) is 12.0 Å². The summed E-state index contributed by atoms with van der Waals surface area (Å²) in [5, 5.41) is 6.41. The Morgan fingerprint density at radius 1 is 1.00 bits per heavy atom. The Morgan fingerprint density at radius 3 is 2.52 bits per heavy atom. The third-order valence-electron chi connectivity index (χ3n) is 3.86. The molecule has 2 rings (SSSR count). The number of rotatable bonds is 10. The Kier molecular flexibility index (Phi) is 9.21. The molecule has 2 amide bonds. The molecule has 0 atom stereocenters. The summed E-state index contributed by atoms with van der Waals surface area (Å²) in [6.07, 6.45) is 2.99. The first-order valence-corrected chi connectivity index (χ1v) is 9.68. The van der Waals surface area contributed by atoms with Crippen molar-refractivity contribution >= 4 is 18.0 Å². The lowest BCUT2D eigenvalue weighted by Gasteiger charge is -2.11. The SMILES string of the molecule is CCCOc1ccc(/C=N\NC(=O)C(=O)NCCc2ccccc2)cc1OCC. The topological polar surface area (TPSA) is 89.0 Å². The number of carbonyl (C=O) groups is 2. The predicted octanol–water partition coefficient (Wildman–Crippen LogP) is 2.68. The van der Waals surface area contributed by atoms with Crippen LogP contribution < -0.4 is 20.2 Å². The monoisotopic (exact) mass is 397 g/mol. The second kappa shape index (κ2) is 12.2. The molecule has 7 heteroatoms. The van der Waals surface area contributed by atoms with E-state index in [1.165, 1.54) is 6.21 Å². The molecule has 0 fully saturated rings. The van der Waals surface area contributed by atoms with E-state index in [9.17, 15) is 9.59 Å². The highest BCUT2D eigenvalue weighted by atomic mass is 16.5. The van der Waals surface area contributed by atoms with Gasteiger partial charge in [0.2, 0.25) is 0 Å². The van der Waals surface area contributed by atoms with Gasteiger partial charge in [-0.25, -0.2) is 5.43 Å². The summed E-state index contributed by atoms with van der Waals surface area (Å²) in [4.78, 5) is 23.7. The highest BCUT2D eigenvalue weighted by molar-refractivity contribution is 6.35. The maximum Gasteiger partial charge on any atom is 0.329 e. The Morgan fingerprint density at radius 2 is 1.79 bits per heavy atom. The highest BCUT2D eigenvalue weighted by Crippen LogP contribution is 2.28. The van der Waals surface area contributed by atoms with E-state index in [1.54, 1.807) is 18.2 Å². The predicted molar refractivity (Wildman–Crippen MR) is 112 cm³/mol. The van der Waals surface area contributed by atoms with Gasteiger partial charge < -0.3 is 14.8 Å². The molecule has 2 N–H and O–H groups in total. The quantitative estimate of drug-likeness (QED) is 0.366. The van der Waals surface area contributed by atoms with Gasteiger partial charge in [-0.05, 0) is 49.1 Å². The maximum absolute atomic E-state index is 11.8. The number of nitrogens with one attached hydrogen (secondary N) is 2. The summed E-state index contributed by atoms with van der Waals surface area (Å²) in [5.41, 5.74) is 4.02. The molecule has 0 aliphatic carbocycles. The van der Waals surface area contributed by atoms with Crippen molar-refractivity contribution in [2.75, 3.05) is 19.8 Å². The Hall–Kier alpha value is -3.35. The molecule has 0 spiro atoms. The van der Waals surface area contributed by atoms with Crippen LogP contribution in [0.2, 0.25) is 0 Å². The number of amides is 2. The van der Waals surface area contributed by atoms with Gasteiger partial charge in [-0.1, -0.05) is 37.3 Å². The van der Waals surface area contributed by atoms with Crippen molar-refractivity contribution in [2.24, 2.45) is 5.10 Å². The Balaban J connectivity index is 1.83. The van der Waals surface area contributed by atoms with E-state index < -0.39 is 11.8 Å². The van der Waals surface area contributed by atoms with E-state index in [0.29, 0.717) is 43.2 Å². The van der Waals surface area contributed by atoms with Gasteiger partial charge in [0.15, 0.2) is 11.5 Å². The van der Waals surface area contributed by atoms with Gasteiger partial charge in [0.25, 0.3) is 0 Å². The molecule has 2 aromatic rings. The van der Waals surface area contributed by atoms with Crippen LogP contribution >= 0.6 is 0 Å². The first-order valence-electron chi connectivity index (χ1n) is 9.68. The molecule has 0 saturated heterocycles. The van der Waals surface area contributed by atoms with Crippen molar-refractivity contribution in [3.63, 3.8) is 0 Å². The largest absolute Gasteiger partial charge is 0.490 e. The zero-order chi connectivity index (χ0) is 20.9. The van der Waals surface area contributed by atoms with Gasteiger partial charge in [0, 0.05) is 6.54 Å². The second-order valence-corrected chi connectivity index (χ2v) is 6.18. The number of hydrazone groups is 1. The van der Waals surface area contributed by atoms with Gasteiger partial charge in [-0.2, -0.15) is 5.10 Å². The number of benzene rings is 2. The van der Waals surface area contributed by atoms with Crippen LogP contribution in [-0.2, 0) is 16.0 Å². The van der Waals surface area contributed by atoms with Crippen molar-refractivity contribution in [2.45, 2.75) is 26.7 Å². The first-order chi connectivity index (χ1) is 14.1. The summed E-state index contributed by atoms with van der Waals surface area (Å²) in [6, 6.07) is 15.1. The number of ether oxygens (including phenoxy) is 2. The molecule has 0 aliphatic heterocycles. The summed E-state index contributed by atoms with van der Waals surface area (Å²) < 4.78 is 11.2. The molecule has 0 bridgehead atoms. The standard InChI is InChI=1S/C22H27N3O4/c1-3-14-29-19-11-10-18(15-20(19)28-4-2)16-24-25-22(27)21(26)23-13-12-17-8-6-5-7-9-17/h5-11,15-16H,3-4,12-14H2,1-2H3,(H,23,26)(H,25,27)/b24-16-. The van der Waals surface area contributed by atoms with E-state index in [1.807, 2.05) is 44.2 Å². The molecule has 0 aliphatic rings. The van der Waals surface area contributed by atoms with Crippen LogP contribution in [0, 0.1) is 0 Å². The molecule has 2 aromatic carbocycles. The minimum Gasteiger partial charge on any atom is -0.490 e. The minimum atomic E-state index is -0.817. The molecule has 0 saturated carbocycles. The molecule has 154 valence electrons. The third kappa shape index (κ3) is 7.65. The van der Waals surface area contributed by atoms with Gasteiger partial charge in [0.05, 0.1) is 19.4 Å². The molecule has 29 heavy (non-hydrogen) atoms. The van der Waals surface area contributed by atoms with Gasteiger partial charge in [-0.15, -0.1) is 0 Å². The average Bonchev–Trinajstić information content (AvgIpc) is 2.74. The van der Waals surface area contributed by atoms with Gasteiger partial charge in [-0.3, -0.25) is 9.59 Å². The summed E-state index contributed by atoms with van der Waals surface area (Å²) in [7, 11) is 0. The summed E-state index contributed by atoms with van der Waals surface area (Å²) in [5.74, 6) is -0.277. The molecular formula is C22H27N3O4. The molecule has 0 radical (unpaired) electrons. The van der Waals surface area contributed by atoms with E-state index >= 15 is 0 Å². The van der Waals surface area contributed by atoms with Crippen LogP contribution in [0.3, 0.4) is 0 Å². The van der Waals surface area contributed by atoms with Crippen LogP contribution in [0.1, 0.15) is 31.4 Å². The Labute approximate surface area is 171 Å².